The molecule has 1 fully saturated rings. The maximum absolute atomic E-state index is 12.4. The molecule has 7 nitrogen and oxygen atoms in total. The molecule has 0 aromatic heterocycles. The summed E-state index contributed by atoms with van der Waals surface area (Å²) < 4.78 is 26.1. The van der Waals surface area contributed by atoms with Gasteiger partial charge in [-0.05, 0) is 18.9 Å². The second kappa shape index (κ2) is 5.68. The molecule has 1 aromatic rings. The van der Waals surface area contributed by atoms with Crippen LogP contribution in [0.1, 0.15) is 12.8 Å². The summed E-state index contributed by atoms with van der Waals surface area (Å²) in [4.78, 5) is 20.6. The molecule has 0 saturated carbocycles. The first-order valence-corrected chi connectivity index (χ1v) is 7.59. The molecule has 0 N–H and O–H groups in total. The topological polar surface area (TPSA) is 97.6 Å². The average Bonchev–Trinajstić information content (AvgIpc) is 2.47. The number of nitro groups is 1. The molecule has 1 aliphatic heterocycles. The number of aldehydes is 1. The Morgan fingerprint density at radius 2 is 1.85 bits per heavy atom. The minimum absolute atomic E-state index is 0.132. The van der Waals surface area contributed by atoms with Gasteiger partial charge in [0.25, 0.3) is 5.69 Å². The van der Waals surface area contributed by atoms with E-state index >= 15 is 0 Å². The number of carbonyl (C=O) groups excluding carboxylic acids is 1. The number of hydrogen-bond donors (Lipinski definition) is 0. The van der Waals surface area contributed by atoms with Gasteiger partial charge in [-0.15, -0.1) is 0 Å². The summed E-state index contributed by atoms with van der Waals surface area (Å²) in [5.74, 6) is -0.132. The van der Waals surface area contributed by atoms with Crippen LogP contribution in [0.3, 0.4) is 0 Å². The lowest BCUT2D eigenvalue weighted by Crippen LogP contribution is -2.38. The van der Waals surface area contributed by atoms with Gasteiger partial charge in [-0.1, -0.05) is 12.1 Å². The number of piperidine rings is 1. The molecule has 20 heavy (non-hydrogen) atoms. The molecule has 108 valence electrons. The molecule has 2 rings (SSSR count). The zero-order chi connectivity index (χ0) is 14.8. The van der Waals surface area contributed by atoms with Gasteiger partial charge in [-0.25, -0.2) is 8.42 Å². The van der Waals surface area contributed by atoms with Crippen molar-refractivity contribution in [3.05, 3.63) is 34.4 Å². The van der Waals surface area contributed by atoms with Crippen LogP contribution in [0.2, 0.25) is 0 Å². The van der Waals surface area contributed by atoms with Crippen LogP contribution in [0.25, 0.3) is 0 Å². The van der Waals surface area contributed by atoms with Gasteiger partial charge in [0, 0.05) is 25.1 Å². The number of hydrogen-bond acceptors (Lipinski definition) is 5. The van der Waals surface area contributed by atoms with E-state index in [-0.39, 0.29) is 23.9 Å². The lowest BCUT2D eigenvalue weighted by atomic mass is 10.0. The third-order valence-electron chi connectivity index (χ3n) is 3.37. The van der Waals surface area contributed by atoms with Crippen LogP contribution in [0, 0.1) is 16.0 Å². The number of benzene rings is 1. The summed E-state index contributed by atoms with van der Waals surface area (Å²) in [6.45, 7) is 0.412. The van der Waals surface area contributed by atoms with Gasteiger partial charge < -0.3 is 4.79 Å². The summed E-state index contributed by atoms with van der Waals surface area (Å²) >= 11 is 0. The lowest BCUT2D eigenvalue weighted by Gasteiger charge is -2.28. The highest BCUT2D eigenvalue weighted by Crippen LogP contribution is 2.28. The Bertz CT molecular complexity index is 620. The van der Waals surface area contributed by atoms with Crippen molar-refractivity contribution in [2.75, 3.05) is 13.1 Å². The van der Waals surface area contributed by atoms with Gasteiger partial charge >= 0.3 is 0 Å². The van der Waals surface area contributed by atoms with E-state index in [0.29, 0.717) is 12.8 Å². The van der Waals surface area contributed by atoms with E-state index in [4.69, 9.17) is 0 Å². The molecule has 0 unspecified atom stereocenters. The third kappa shape index (κ3) is 2.70. The zero-order valence-corrected chi connectivity index (χ0v) is 11.5. The van der Waals surface area contributed by atoms with Gasteiger partial charge in [-0.3, -0.25) is 10.1 Å². The number of nitrogens with zero attached hydrogens (tertiary/aromatic N) is 2. The van der Waals surface area contributed by atoms with Gasteiger partial charge in [0.15, 0.2) is 4.90 Å². The predicted octanol–water partition coefficient (Wildman–Crippen LogP) is 1.19. The minimum atomic E-state index is -3.89. The summed E-state index contributed by atoms with van der Waals surface area (Å²) in [7, 11) is -3.89. The molecule has 1 heterocycles. The van der Waals surface area contributed by atoms with E-state index < -0.39 is 20.6 Å². The maximum Gasteiger partial charge on any atom is 0.289 e. The molecule has 1 saturated heterocycles. The van der Waals surface area contributed by atoms with E-state index in [1.807, 2.05) is 0 Å². The molecule has 0 amide bonds. The van der Waals surface area contributed by atoms with Gasteiger partial charge in [0.05, 0.1) is 4.92 Å². The monoisotopic (exact) mass is 298 g/mol. The molecular weight excluding hydrogens is 284 g/mol. The highest BCUT2D eigenvalue weighted by molar-refractivity contribution is 7.89. The summed E-state index contributed by atoms with van der Waals surface area (Å²) in [5, 5.41) is 10.9. The fourth-order valence-electron chi connectivity index (χ4n) is 2.22. The van der Waals surface area contributed by atoms with Crippen molar-refractivity contribution in [3.63, 3.8) is 0 Å². The van der Waals surface area contributed by atoms with E-state index in [9.17, 15) is 23.3 Å². The van der Waals surface area contributed by atoms with E-state index in [2.05, 4.69) is 0 Å². The first-order chi connectivity index (χ1) is 9.46. The Hall–Kier alpha value is -1.80. The highest BCUT2D eigenvalue weighted by Gasteiger charge is 2.33. The smallest absolute Gasteiger partial charge is 0.289 e. The van der Waals surface area contributed by atoms with E-state index in [1.54, 1.807) is 0 Å². The van der Waals surface area contributed by atoms with E-state index in [1.165, 1.54) is 28.6 Å². The standard InChI is InChI=1S/C12H14N2O5S/c15-9-10-5-7-13(8-6-10)20(18,19)12-4-2-1-3-11(12)14(16)17/h1-4,9-10H,5-8H2. The Labute approximate surface area is 116 Å². The summed E-state index contributed by atoms with van der Waals surface area (Å²) in [6.07, 6.45) is 1.72. The normalized spacial score (nSPS) is 17.8. The Morgan fingerprint density at radius 3 is 2.40 bits per heavy atom. The van der Waals surface area contributed by atoms with Crippen molar-refractivity contribution in [2.45, 2.75) is 17.7 Å². The Morgan fingerprint density at radius 1 is 1.25 bits per heavy atom. The average molecular weight is 298 g/mol. The SMILES string of the molecule is O=CC1CCN(S(=O)(=O)c2ccccc2[N+](=O)[O-])CC1. The second-order valence-corrected chi connectivity index (χ2v) is 6.51. The van der Waals surface area contributed by atoms with Crippen molar-refractivity contribution in [3.8, 4) is 0 Å². The first kappa shape index (κ1) is 14.6. The van der Waals surface area contributed by atoms with Crippen LogP contribution in [-0.2, 0) is 14.8 Å². The molecular formula is C12H14N2O5S. The second-order valence-electron chi connectivity index (χ2n) is 4.60. The fraction of sp³-hybridized carbons (Fsp3) is 0.417. The predicted molar refractivity (Wildman–Crippen MR) is 70.6 cm³/mol. The molecule has 0 radical (unpaired) electrons. The van der Waals surface area contributed by atoms with Crippen molar-refractivity contribution < 1.29 is 18.1 Å². The van der Waals surface area contributed by atoms with Crippen LogP contribution in [0.15, 0.2) is 29.2 Å². The molecule has 1 aromatic carbocycles. The van der Waals surface area contributed by atoms with Crippen molar-refractivity contribution in [1.82, 2.24) is 4.31 Å². The van der Waals surface area contributed by atoms with Gasteiger partial charge in [0.1, 0.15) is 6.29 Å². The third-order valence-corrected chi connectivity index (χ3v) is 5.32. The fourth-order valence-corrected chi connectivity index (χ4v) is 3.84. The quantitative estimate of drug-likeness (QED) is 0.472. The molecule has 8 heteroatoms. The minimum Gasteiger partial charge on any atom is -0.303 e. The number of para-hydroxylation sites is 1. The molecule has 1 aliphatic rings. The van der Waals surface area contributed by atoms with Crippen molar-refractivity contribution in [2.24, 2.45) is 5.92 Å². The van der Waals surface area contributed by atoms with Crippen LogP contribution in [0.4, 0.5) is 5.69 Å². The highest BCUT2D eigenvalue weighted by atomic mass is 32.2. The van der Waals surface area contributed by atoms with Crippen molar-refractivity contribution >= 4 is 22.0 Å². The lowest BCUT2D eigenvalue weighted by molar-refractivity contribution is -0.387. The molecule has 0 atom stereocenters. The number of carbonyl (C=O) groups is 1. The van der Waals surface area contributed by atoms with Gasteiger partial charge in [0.2, 0.25) is 10.0 Å². The van der Waals surface area contributed by atoms with Crippen molar-refractivity contribution in [1.29, 1.82) is 0 Å². The van der Waals surface area contributed by atoms with Crippen LogP contribution < -0.4 is 0 Å². The molecule has 0 spiro atoms. The number of sulfonamides is 1. The number of rotatable bonds is 4. The molecule has 0 bridgehead atoms. The van der Waals surface area contributed by atoms with E-state index in [0.717, 1.165) is 6.29 Å². The maximum atomic E-state index is 12.4. The largest absolute Gasteiger partial charge is 0.303 e. The van der Waals surface area contributed by atoms with Crippen LogP contribution in [-0.4, -0.2) is 37.0 Å². The zero-order valence-electron chi connectivity index (χ0n) is 10.6. The Balaban J connectivity index is 2.32. The first-order valence-electron chi connectivity index (χ1n) is 6.15. The van der Waals surface area contributed by atoms with Crippen LogP contribution in [0.5, 0.6) is 0 Å². The summed E-state index contributed by atoms with van der Waals surface area (Å²) in [5.41, 5.74) is -0.426. The summed E-state index contributed by atoms with van der Waals surface area (Å²) in [6, 6.07) is 5.29. The molecule has 0 aliphatic carbocycles. The Kier molecular flexibility index (Phi) is 4.15. The number of nitro benzene ring substituents is 1. The van der Waals surface area contributed by atoms with Gasteiger partial charge in [-0.2, -0.15) is 4.31 Å². The van der Waals surface area contributed by atoms with Crippen LogP contribution >= 0.6 is 0 Å².